The molecule has 0 unspecified atom stereocenters. The molecule has 0 saturated carbocycles. The number of hydrogen-bond donors (Lipinski definition) is 3. The fraction of sp³-hybridized carbons (Fsp3) is 0.667. The van der Waals surface area contributed by atoms with Crippen molar-refractivity contribution in [1.29, 1.82) is 0 Å². The van der Waals surface area contributed by atoms with Crippen LogP contribution in [0.5, 0.6) is 0 Å². The van der Waals surface area contributed by atoms with Gasteiger partial charge in [-0.1, -0.05) is 99.7 Å². The van der Waals surface area contributed by atoms with Gasteiger partial charge in [-0.2, -0.15) is 0 Å². The molecule has 47 heavy (non-hydrogen) atoms. The van der Waals surface area contributed by atoms with Crippen molar-refractivity contribution in [2.24, 2.45) is 0 Å². The minimum atomic E-state index is -1.36. The number of methoxy groups -OCH3 is 2. The highest BCUT2D eigenvalue weighted by molar-refractivity contribution is 5.14. The molecule has 11 heteroatoms. The van der Waals surface area contributed by atoms with Gasteiger partial charge in [0.2, 0.25) is 0 Å². The molecule has 2 fully saturated rings. The first kappa shape index (κ1) is 37.8. The summed E-state index contributed by atoms with van der Waals surface area (Å²) in [6.07, 6.45) is -3.81. The van der Waals surface area contributed by atoms with E-state index in [-0.39, 0.29) is 13.2 Å². The first-order valence-corrected chi connectivity index (χ1v) is 16.9. The Balaban J connectivity index is 1.44. The van der Waals surface area contributed by atoms with Gasteiger partial charge in [0.25, 0.3) is 0 Å². The predicted octanol–water partition coefficient (Wildman–Crippen LogP) is 3.74. The highest BCUT2D eigenvalue weighted by Gasteiger charge is 2.52. The Morgan fingerprint density at radius 2 is 1.13 bits per heavy atom. The second-order valence-electron chi connectivity index (χ2n) is 12.2. The maximum Gasteiger partial charge on any atom is 0.187 e. The summed E-state index contributed by atoms with van der Waals surface area (Å²) in [5.41, 5.74) is 1.96. The highest BCUT2D eigenvalue weighted by Crippen LogP contribution is 2.32. The normalized spacial score (nSPS) is 31.2. The van der Waals surface area contributed by atoms with Crippen molar-refractivity contribution in [3.63, 3.8) is 0 Å². The maximum atomic E-state index is 11.3. The standard InChI is InChI=1S/C36H54O11/c1-4-5-6-7-8-15-20-44-35-31(39)34(41-3)32(28(46-35)24-43-22-26-18-13-10-14-19-26)47-36-30(38)33(40-2)29(37)27(45-36)23-42-21-25-16-11-9-12-17-25/h9-14,16-19,27-39H,4-8,15,20-24H2,1-3H3/t27-,28-,29-,30+,31+,32-,33+,34-,35+,36-/m1/s1. The second-order valence-corrected chi connectivity index (χ2v) is 12.2. The van der Waals surface area contributed by atoms with Crippen LogP contribution in [0.15, 0.2) is 60.7 Å². The summed E-state index contributed by atoms with van der Waals surface area (Å²) >= 11 is 0. The molecule has 2 aliphatic heterocycles. The smallest absolute Gasteiger partial charge is 0.187 e. The van der Waals surface area contributed by atoms with E-state index in [4.69, 9.17) is 37.9 Å². The molecule has 0 amide bonds. The second kappa shape index (κ2) is 20.5. The number of aliphatic hydroxyl groups excluding tert-OH is 3. The quantitative estimate of drug-likeness (QED) is 0.179. The lowest BCUT2D eigenvalue weighted by Crippen LogP contribution is -2.65. The van der Waals surface area contributed by atoms with E-state index in [1.165, 1.54) is 33.5 Å². The van der Waals surface area contributed by atoms with E-state index in [0.717, 1.165) is 30.4 Å². The minimum Gasteiger partial charge on any atom is -0.387 e. The van der Waals surface area contributed by atoms with E-state index in [1.54, 1.807) is 0 Å². The summed E-state index contributed by atoms with van der Waals surface area (Å²) in [6, 6.07) is 19.4. The molecule has 2 aromatic rings. The lowest BCUT2D eigenvalue weighted by Gasteiger charge is -2.47. The molecule has 264 valence electrons. The van der Waals surface area contributed by atoms with E-state index in [9.17, 15) is 15.3 Å². The molecule has 11 nitrogen and oxygen atoms in total. The van der Waals surface area contributed by atoms with Gasteiger partial charge in [0, 0.05) is 20.8 Å². The van der Waals surface area contributed by atoms with Crippen LogP contribution in [0.4, 0.5) is 0 Å². The third-order valence-electron chi connectivity index (χ3n) is 8.66. The van der Waals surface area contributed by atoms with Crippen LogP contribution in [0, 0.1) is 0 Å². The molecule has 0 spiro atoms. The molecule has 3 N–H and O–H groups in total. The van der Waals surface area contributed by atoms with Crippen molar-refractivity contribution in [2.45, 2.75) is 120 Å². The van der Waals surface area contributed by atoms with Gasteiger partial charge in [-0.25, -0.2) is 0 Å². The molecule has 2 saturated heterocycles. The number of benzene rings is 2. The largest absolute Gasteiger partial charge is 0.387 e. The lowest BCUT2D eigenvalue weighted by atomic mass is 9.96. The average Bonchev–Trinajstić information content (AvgIpc) is 3.09. The Morgan fingerprint density at radius 1 is 0.596 bits per heavy atom. The van der Waals surface area contributed by atoms with Crippen LogP contribution in [-0.4, -0.2) is 111 Å². The molecular weight excluding hydrogens is 608 g/mol. The van der Waals surface area contributed by atoms with Crippen molar-refractivity contribution < 1.29 is 53.2 Å². The van der Waals surface area contributed by atoms with Crippen LogP contribution in [-0.2, 0) is 51.1 Å². The van der Waals surface area contributed by atoms with Crippen molar-refractivity contribution in [2.75, 3.05) is 34.0 Å². The fourth-order valence-electron chi connectivity index (χ4n) is 6.00. The highest BCUT2D eigenvalue weighted by atomic mass is 16.7. The van der Waals surface area contributed by atoms with Gasteiger partial charge in [0.15, 0.2) is 12.6 Å². The first-order valence-electron chi connectivity index (χ1n) is 16.9. The van der Waals surface area contributed by atoms with E-state index < -0.39 is 61.4 Å². The minimum absolute atomic E-state index is 0.0258. The van der Waals surface area contributed by atoms with Crippen molar-refractivity contribution in [3.8, 4) is 0 Å². The Kier molecular flexibility index (Phi) is 16.5. The Hall–Kier alpha value is -2.00. The SMILES string of the molecule is CCCCCCCCO[C@H]1O[C@H](COCc2ccccc2)[C@@H](O[C@H]2O[C@H](COCc3ccccc3)[C@@H](O)[C@H](OC)[C@@H]2O)[C@H](OC)[C@@H]1O. The predicted molar refractivity (Wildman–Crippen MR) is 173 cm³/mol. The van der Waals surface area contributed by atoms with Crippen LogP contribution in [0.25, 0.3) is 0 Å². The van der Waals surface area contributed by atoms with Crippen LogP contribution < -0.4 is 0 Å². The molecule has 0 bridgehead atoms. The maximum absolute atomic E-state index is 11.3. The number of hydrogen-bond acceptors (Lipinski definition) is 11. The monoisotopic (exact) mass is 662 g/mol. The van der Waals surface area contributed by atoms with E-state index in [2.05, 4.69) is 6.92 Å². The summed E-state index contributed by atoms with van der Waals surface area (Å²) < 4.78 is 47.9. The van der Waals surface area contributed by atoms with Gasteiger partial charge >= 0.3 is 0 Å². The van der Waals surface area contributed by atoms with Crippen LogP contribution in [0.2, 0.25) is 0 Å². The summed E-state index contributed by atoms with van der Waals surface area (Å²) in [5, 5.41) is 33.5. The zero-order valence-electron chi connectivity index (χ0n) is 27.9. The molecule has 0 aromatic heterocycles. The van der Waals surface area contributed by atoms with Crippen LogP contribution in [0.1, 0.15) is 56.6 Å². The molecular formula is C36H54O11. The Labute approximate surface area is 279 Å². The molecule has 0 radical (unpaired) electrons. The van der Waals surface area contributed by atoms with Crippen LogP contribution >= 0.6 is 0 Å². The van der Waals surface area contributed by atoms with Crippen LogP contribution in [0.3, 0.4) is 0 Å². The zero-order chi connectivity index (χ0) is 33.4. The van der Waals surface area contributed by atoms with Crippen molar-refractivity contribution in [3.05, 3.63) is 71.8 Å². The van der Waals surface area contributed by atoms with Crippen molar-refractivity contribution in [1.82, 2.24) is 0 Å². The third-order valence-corrected chi connectivity index (χ3v) is 8.66. The van der Waals surface area contributed by atoms with Crippen molar-refractivity contribution >= 4 is 0 Å². The third kappa shape index (κ3) is 11.3. The topological polar surface area (TPSA) is 135 Å². The van der Waals surface area contributed by atoms with Gasteiger partial charge < -0.3 is 53.2 Å². The average molecular weight is 663 g/mol. The number of aliphatic hydroxyl groups is 3. The Bertz CT molecular complexity index is 1090. The van der Waals surface area contributed by atoms with Gasteiger partial charge in [-0.3, -0.25) is 0 Å². The molecule has 4 rings (SSSR count). The summed E-state index contributed by atoms with van der Waals surface area (Å²) in [4.78, 5) is 0. The van der Waals surface area contributed by atoms with E-state index in [1.807, 2.05) is 60.7 Å². The molecule has 10 atom stereocenters. The summed E-state index contributed by atoms with van der Waals surface area (Å²) in [6.45, 7) is 3.38. The first-order chi connectivity index (χ1) is 23.0. The molecule has 0 aliphatic carbocycles. The zero-order valence-corrected chi connectivity index (χ0v) is 27.9. The summed E-state index contributed by atoms with van der Waals surface area (Å²) in [5.74, 6) is 0. The Morgan fingerprint density at radius 3 is 1.72 bits per heavy atom. The van der Waals surface area contributed by atoms with Gasteiger partial charge in [-0.15, -0.1) is 0 Å². The molecule has 2 aromatic carbocycles. The number of rotatable bonds is 20. The molecule has 2 aliphatic rings. The fourth-order valence-corrected chi connectivity index (χ4v) is 6.00. The lowest BCUT2D eigenvalue weighted by molar-refractivity contribution is -0.363. The van der Waals surface area contributed by atoms with E-state index >= 15 is 0 Å². The van der Waals surface area contributed by atoms with Gasteiger partial charge in [-0.05, 0) is 17.5 Å². The number of unbranched alkanes of at least 4 members (excludes halogenated alkanes) is 5. The molecule has 2 heterocycles. The summed E-state index contributed by atoms with van der Waals surface area (Å²) in [7, 11) is 2.88. The van der Waals surface area contributed by atoms with Gasteiger partial charge in [0.1, 0.15) is 48.8 Å². The number of ether oxygens (including phenoxy) is 8. The van der Waals surface area contributed by atoms with E-state index in [0.29, 0.717) is 19.8 Å². The van der Waals surface area contributed by atoms with Gasteiger partial charge in [0.05, 0.1) is 26.4 Å².